The molecular weight excluding hydrogens is 122 g/mol. The quantitative estimate of drug-likeness (QED) is 0.450. The molecular formula is C9H11N. The zero-order valence-corrected chi connectivity index (χ0v) is 5.83. The Morgan fingerprint density at radius 2 is 1.30 bits per heavy atom. The average molecular weight is 133 g/mol. The number of allylic oxidation sites excluding steroid dienone is 7. The molecule has 0 rings (SSSR count). The van der Waals surface area contributed by atoms with Gasteiger partial charge in [0.1, 0.15) is 0 Å². The first kappa shape index (κ1) is 8.63. The largest absolute Gasteiger partial charge is 0.309 e. The van der Waals surface area contributed by atoms with Crippen molar-refractivity contribution >= 4 is 6.21 Å². The molecule has 1 nitrogen and oxygen atoms in total. The van der Waals surface area contributed by atoms with Crippen molar-refractivity contribution in [1.29, 1.82) is 5.41 Å². The highest BCUT2D eigenvalue weighted by atomic mass is 14.3. The molecule has 0 fully saturated rings. The van der Waals surface area contributed by atoms with E-state index in [1.807, 2.05) is 24.3 Å². The summed E-state index contributed by atoms with van der Waals surface area (Å²) in [5.74, 6) is 0. The van der Waals surface area contributed by atoms with E-state index in [0.717, 1.165) is 0 Å². The molecule has 0 aromatic carbocycles. The van der Waals surface area contributed by atoms with E-state index in [4.69, 9.17) is 5.41 Å². The van der Waals surface area contributed by atoms with Crippen LogP contribution in [0.2, 0.25) is 0 Å². The fraction of sp³-hybridized carbons (Fsp3) is 0. The highest BCUT2D eigenvalue weighted by Gasteiger charge is 1.59. The minimum absolute atomic E-state index is 1.24. The molecule has 0 aliphatic rings. The standard InChI is InChI=1S/C9H11N/c1-2-3-4-5-6-7-8-9-10/h2-10H,1H2/b4-3+,6-5+,8-7+,10-9?. The first-order chi connectivity index (χ1) is 4.91. The lowest BCUT2D eigenvalue weighted by molar-refractivity contribution is 1.58. The second-order valence-electron chi connectivity index (χ2n) is 1.56. The molecule has 52 valence electrons. The van der Waals surface area contributed by atoms with Crippen molar-refractivity contribution in [2.75, 3.05) is 0 Å². The van der Waals surface area contributed by atoms with Crippen molar-refractivity contribution < 1.29 is 0 Å². The second kappa shape index (κ2) is 7.63. The predicted molar refractivity (Wildman–Crippen MR) is 46.4 cm³/mol. The van der Waals surface area contributed by atoms with Crippen LogP contribution < -0.4 is 0 Å². The van der Waals surface area contributed by atoms with Crippen LogP contribution in [0.1, 0.15) is 0 Å². The van der Waals surface area contributed by atoms with Gasteiger partial charge in [-0.3, -0.25) is 0 Å². The molecule has 0 aromatic rings. The third kappa shape index (κ3) is 6.63. The molecule has 0 aromatic heterocycles. The summed E-state index contributed by atoms with van der Waals surface area (Å²) in [5, 5.41) is 6.64. The van der Waals surface area contributed by atoms with E-state index >= 15 is 0 Å². The lowest BCUT2D eigenvalue weighted by Crippen LogP contribution is -1.54. The number of hydrogen-bond donors (Lipinski definition) is 1. The van der Waals surface area contributed by atoms with Crippen LogP contribution >= 0.6 is 0 Å². The predicted octanol–water partition coefficient (Wildman–Crippen LogP) is 2.49. The Morgan fingerprint density at radius 3 is 1.80 bits per heavy atom. The minimum Gasteiger partial charge on any atom is -0.309 e. The van der Waals surface area contributed by atoms with Crippen molar-refractivity contribution in [3.05, 3.63) is 49.1 Å². The smallest absolute Gasteiger partial charge is 0.0177 e. The molecule has 0 aliphatic carbocycles. The monoisotopic (exact) mass is 133 g/mol. The Balaban J connectivity index is 3.55. The van der Waals surface area contributed by atoms with Gasteiger partial charge in [0.15, 0.2) is 0 Å². The SMILES string of the molecule is C=C/C=C/C=C/C=C/C=N. The van der Waals surface area contributed by atoms with Gasteiger partial charge in [0, 0.05) is 6.21 Å². The normalized spacial score (nSPS) is 11.6. The van der Waals surface area contributed by atoms with Crippen LogP contribution in [0.15, 0.2) is 49.1 Å². The number of nitrogens with one attached hydrogen (secondary N) is 1. The molecule has 0 amide bonds. The fourth-order valence-electron chi connectivity index (χ4n) is 0.391. The molecule has 0 spiro atoms. The second-order valence-corrected chi connectivity index (χ2v) is 1.56. The zero-order chi connectivity index (χ0) is 7.66. The Morgan fingerprint density at radius 1 is 0.800 bits per heavy atom. The lowest BCUT2D eigenvalue weighted by Gasteiger charge is -1.70. The van der Waals surface area contributed by atoms with Gasteiger partial charge in [-0.2, -0.15) is 0 Å². The maximum atomic E-state index is 6.64. The molecule has 0 atom stereocenters. The van der Waals surface area contributed by atoms with Crippen molar-refractivity contribution in [2.24, 2.45) is 0 Å². The molecule has 1 heteroatoms. The molecule has 0 radical (unpaired) electrons. The van der Waals surface area contributed by atoms with Gasteiger partial charge >= 0.3 is 0 Å². The average Bonchev–Trinajstić information content (AvgIpc) is 1.97. The van der Waals surface area contributed by atoms with Crippen LogP contribution in [0, 0.1) is 5.41 Å². The molecule has 0 heterocycles. The van der Waals surface area contributed by atoms with E-state index in [0.29, 0.717) is 0 Å². The first-order valence-corrected chi connectivity index (χ1v) is 3.03. The first-order valence-electron chi connectivity index (χ1n) is 3.03. The molecule has 0 saturated heterocycles. The third-order valence-corrected chi connectivity index (χ3v) is 0.788. The van der Waals surface area contributed by atoms with Gasteiger partial charge in [-0.1, -0.05) is 43.0 Å². The van der Waals surface area contributed by atoms with Gasteiger partial charge in [-0.05, 0) is 6.08 Å². The summed E-state index contributed by atoms with van der Waals surface area (Å²) in [6.07, 6.45) is 13.8. The summed E-state index contributed by atoms with van der Waals surface area (Å²) in [6.45, 7) is 3.52. The van der Waals surface area contributed by atoms with E-state index in [1.165, 1.54) is 6.21 Å². The van der Waals surface area contributed by atoms with E-state index in [9.17, 15) is 0 Å². The summed E-state index contributed by atoms with van der Waals surface area (Å²) in [7, 11) is 0. The van der Waals surface area contributed by atoms with Crippen LogP contribution in [0.4, 0.5) is 0 Å². The Labute approximate surface area is 61.6 Å². The van der Waals surface area contributed by atoms with Gasteiger partial charge < -0.3 is 5.41 Å². The zero-order valence-electron chi connectivity index (χ0n) is 5.83. The van der Waals surface area contributed by atoms with Crippen molar-refractivity contribution in [1.82, 2.24) is 0 Å². The van der Waals surface area contributed by atoms with Crippen LogP contribution in [0.25, 0.3) is 0 Å². The van der Waals surface area contributed by atoms with Crippen LogP contribution in [0.3, 0.4) is 0 Å². The molecule has 0 aliphatic heterocycles. The Bertz CT molecular complexity index is 153. The van der Waals surface area contributed by atoms with Crippen molar-refractivity contribution in [2.45, 2.75) is 0 Å². The number of rotatable bonds is 4. The van der Waals surface area contributed by atoms with Crippen molar-refractivity contribution in [3.8, 4) is 0 Å². The van der Waals surface area contributed by atoms with Gasteiger partial charge in [0.05, 0.1) is 0 Å². The number of hydrogen-bond acceptors (Lipinski definition) is 1. The molecule has 1 N–H and O–H groups in total. The molecule has 0 saturated carbocycles. The topological polar surface area (TPSA) is 23.9 Å². The van der Waals surface area contributed by atoms with Crippen LogP contribution in [-0.4, -0.2) is 6.21 Å². The summed E-state index contributed by atoms with van der Waals surface area (Å²) >= 11 is 0. The highest BCUT2D eigenvalue weighted by molar-refractivity contribution is 5.68. The highest BCUT2D eigenvalue weighted by Crippen LogP contribution is 1.78. The van der Waals surface area contributed by atoms with Gasteiger partial charge in [-0.25, -0.2) is 0 Å². The summed E-state index contributed by atoms with van der Waals surface area (Å²) in [4.78, 5) is 0. The molecule has 0 bridgehead atoms. The van der Waals surface area contributed by atoms with E-state index < -0.39 is 0 Å². The maximum Gasteiger partial charge on any atom is 0.0177 e. The van der Waals surface area contributed by atoms with Gasteiger partial charge in [0.2, 0.25) is 0 Å². The van der Waals surface area contributed by atoms with Gasteiger partial charge in [-0.15, -0.1) is 0 Å². The Kier molecular flexibility index (Phi) is 6.58. The van der Waals surface area contributed by atoms with Gasteiger partial charge in [0.25, 0.3) is 0 Å². The maximum absolute atomic E-state index is 6.64. The van der Waals surface area contributed by atoms with Crippen LogP contribution in [-0.2, 0) is 0 Å². The van der Waals surface area contributed by atoms with E-state index in [1.54, 1.807) is 18.2 Å². The summed E-state index contributed by atoms with van der Waals surface area (Å²) < 4.78 is 0. The van der Waals surface area contributed by atoms with Crippen LogP contribution in [0.5, 0.6) is 0 Å². The Hall–Kier alpha value is -1.37. The van der Waals surface area contributed by atoms with E-state index in [-0.39, 0.29) is 0 Å². The van der Waals surface area contributed by atoms with E-state index in [2.05, 4.69) is 6.58 Å². The van der Waals surface area contributed by atoms with Crippen molar-refractivity contribution in [3.63, 3.8) is 0 Å². The molecule has 10 heavy (non-hydrogen) atoms. The third-order valence-electron chi connectivity index (χ3n) is 0.788. The summed E-state index contributed by atoms with van der Waals surface area (Å²) in [6, 6.07) is 0. The lowest BCUT2D eigenvalue weighted by atomic mass is 10.4. The summed E-state index contributed by atoms with van der Waals surface area (Å²) in [5.41, 5.74) is 0. The minimum atomic E-state index is 1.24. The fourth-order valence-corrected chi connectivity index (χ4v) is 0.391. The molecule has 0 unspecified atom stereocenters.